The van der Waals surface area contributed by atoms with Crippen molar-refractivity contribution in [3.05, 3.63) is 42.1 Å². The lowest BCUT2D eigenvalue weighted by molar-refractivity contribution is 0.282. The zero-order valence-corrected chi connectivity index (χ0v) is 8.48. The second-order valence-corrected chi connectivity index (χ2v) is 3.43. The van der Waals surface area contributed by atoms with Crippen LogP contribution in [0.2, 0.25) is 0 Å². The summed E-state index contributed by atoms with van der Waals surface area (Å²) in [5.41, 5.74) is 1.87. The average molecular weight is 220 g/mol. The molecule has 0 atom stereocenters. The lowest BCUT2D eigenvalue weighted by atomic mass is 9.82. The third kappa shape index (κ3) is 1.87. The average Bonchev–Trinajstić information content (AvgIpc) is 2.82. The molecule has 0 radical (unpaired) electrons. The van der Waals surface area contributed by atoms with Crippen LogP contribution in [0.4, 0.5) is 4.39 Å². The Morgan fingerprint density at radius 2 is 2.19 bits per heavy atom. The van der Waals surface area contributed by atoms with E-state index in [0.717, 1.165) is 0 Å². The first-order valence-electron chi connectivity index (χ1n) is 4.82. The van der Waals surface area contributed by atoms with E-state index in [9.17, 15) is 4.39 Å². The van der Waals surface area contributed by atoms with Gasteiger partial charge in [-0.25, -0.2) is 4.39 Å². The van der Waals surface area contributed by atoms with Gasteiger partial charge in [-0.2, -0.15) is 0 Å². The van der Waals surface area contributed by atoms with Crippen LogP contribution in [0, 0.1) is 5.82 Å². The molecular formula is C11H10BFO3. The van der Waals surface area contributed by atoms with Gasteiger partial charge in [0.1, 0.15) is 5.82 Å². The molecule has 2 N–H and O–H groups in total. The van der Waals surface area contributed by atoms with Gasteiger partial charge in [-0.05, 0) is 23.2 Å². The van der Waals surface area contributed by atoms with E-state index in [1.54, 1.807) is 6.07 Å². The third-order valence-electron chi connectivity index (χ3n) is 2.46. The maximum absolute atomic E-state index is 13.7. The molecule has 1 aromatic heterocycles. The molecule has 3 nitrogen and oxygen atoms in total. The number of hydrogen-bond acceptors (Lipinski definition) is 3. The second-order valence-electron chi connectivity index (χ2n) is 3.43. The van der Waals surface area contributed by atoms with Crippen molar-refractivity contribution in [1.82, 2.24) is 0 Å². The van der Waals surface area contributed by atoms with Gasteiger partial charge in [0.15, 0.2) is 0 Å². The fourth-order valence-electron chi connectivity index (χ4n) is 1.59. The summed E-state index contributed by atoms with van der Waals surface area (Å²) in [6, 6.07) is 4.39. The summed E-state index contributed by atoms with van der Waals surface area (Å²) >= 11 is 0. The van der Waals surface area contributed by atoms with Crippen LogP contribution in [0.5, 0.6) is 0 Å². The van der Waals surface area contributed by atoms with E-state index in [0.29, 0.717) is 22.2 Å². The van der Waals surface area contributed by atoms with Crippen molar-refractivity contribution < 1.29 is 18.9 Å². The summed E-state index contributed by atoms with van der Waals surface area (Å²) < 4.78 is 18.6. The third-order valence-corrected chi connectivity index (χ3v) is 2.46. The molecule has 0 aliphatic heterocycles. The van der Waals surface area contributed by atoms with Crippen molar-refractivity contribution in [2.75, 3.05) is 0 Å². The van der Waals surface area contributed by atoms with Crippen LogP contribution in [0.1, 0.15) is 5.56 Å². The van der Waals surface area contributed by atoms with Gasteiger partial charge in [-0.1, -0.05) is 6.07 Å². The Morgan fingerprint density at radius 3 is 2.75 bits per heavy atom. The molecule has 1 heterocycles. The lowest BCUT2D eigenvalue weighted by Crippen LogP contribution is -2.20. The first-order valence-corrected chi connectivity index (χ1v) is 4.82. The fraction of sp³-hybridized carbons (Fsp3) is 0.0909. The van der Waals surface area contributed by atoms with Gasteiger partial charge in [0.2, 0.25) is 0 Å². The number of aliphatic hydroxyl groups is 1. The normalized spacial score (nSPS) is 10.4. The SMILES string of the molecule is OBc1cc(-c2ccoc2)c(F)cc1CO. The molecule has 82 valence electrons. The van der Waals surface area contributed by atoms with Crippen molar-refractivity contribution >= 4 is 12.9 Å². The molecule has 1 aromatic carbocycles. The minimum atomic E-state index is -0.442. The highest BCUT2D eigenvalue weighted by Crippen LogP contribution is 2.23. The largest absolute Gasteiger partial charge is 0.472 e. The van der Waals surface area contributed by atoms with Crippen LogP contribution >= 0.6 is 0 Å². The molecule has 2 aromatic rings. The quantitative estimate of drug-likeness (QED) is 0.742. The first-order chi connectivity index (χ1) is 7.76. The molecule has 0 saturated carbocycles. The molecule has 0 unspecified atom stereocenters. The zero-order valence-electron chi connectivity index (χ0n) is 8.48. The van der Waals surface area contributed by atoms with Crippen molar-refractivity contribution in [2.45, 2.75) is 6.61 Å². The molecule has 2 rings (SSSR count). The Kier molecular flexibility index (Phi) is 3.08. The summed E-state index contributed by atoms with van der Waals surface area (Å²) in [5.74, 6) is -0.442. The van der Waals surface area contributed by atoms with Crippen LogP contribution in [-0.2, 0) is 6.61 Å². The molecule has 0 fully saturated rings. The van der Waals surface area contributed by atoms with E-state index >= 15 is 0 Å². The van der Waals surface area contributed by atoms with E-state index in [1.165, 1.54) is 24.7 Å². The Balaban J connectivity index is 2.55. The summed E-state index contributed by atoms with van der Waals surface area (Å²) in [6.07, 6.45) is 2.88. The Morgan fingerprint density at radius 1 is 1.38 bits per heavy atom. The van der Waals surface area contributed by atoms with Crippen molar-refractivity contribution in [3.8, 4) is 11.1 Å². The maximum atomic E-state index is 13.7. The highest BCUT2D eigenvalue weighted by atomic mass is 19.1. The smallest absolute Gasteiger partial charge is 0.305 e. The van der Waals surface area contributed by atoms with E-state index in [-0.39, 0.29) is 14.1 Å². The molecular weight excluding hydrogens is 210 g/mol. The van der Waals surface area contributed by atoms with Crippen LogP contribution in [0.25, 0.3) is 11.1 Å². The van der Waals surface area contributed by atoms with Gasteiger partial charge in [0, 0.05) is 11.1 Å². The molecule has 16 heavy (non-hydrogen) atoms. The van der Waals surface area contributed by atoms with Gasteiger partial charge in [-0.15, -0.1) is 0 Å². The van der Waals surface area contributed by atoms with Crippen LogP contribution < -0.4 is 5.46 Å². The van der Waals surface area contributed by atoms with Crippen molar-refractivity contribution in [3.63, 3.8) is 0 Å². The van der Waals surface area contributed by atoms with Gasteiger partial charge in [0.05, 0.1) is 19.1 Å². The van der Waals surface area contributed by atoms with Crippen LogP contribution in [0.3, 0.4) is 0 Å². The molecule has 5 heteroatoms. The molecule has 0 bridgehead atoms. The summed E-state index contributed by atoms with van der Waals surface area (Å²) in [5, 5.41) is 18.1. The number of rotatable bonds is 3. The van der Waals surface area contributed by atoms with Crippen molar-refractivity contribution in [1.29, 1.82) is 0 Å². The number of furan rings is 1. The number of benzene rings is 1. The molecule has 0 spiro atoms. The highest BCUT2D eigenvalue weighted by molar-refractivity contribution is 6.46. The predicted molar refractivity (Wildman–Crippen MR) is 59.0 cm³/mol. The minimum Gasteiger partial charge on any atom is -0.472 e. The molecule has 0 aliphatic carbocycles. The standard InChI is InChI=1S/C11H10BFO3/c13-11-3-8(5-14)10(12-15)4-9(11)7-1-2-16-6-7/h1-4,6,12,14-15H,5H2. The van der Waals surface area contributed by atoms with Crippen LogP contribution in [0.15, 0.2) is 35.1 Å². The zero-order chi connectivity index (χ0) is 11.5. The van der Waals surface area contributed by atoms with Crippen LogP contribution in [-0.4, -0.2) is 17.6 Å². The molecule has 0 aliphatic rings. The predicted octanol–water partition coefficient (Wildman–Crippen LogP) is 0.547. The van der Waals surface area contributed by atoms with Gasteiger partial charge in [-0.3, -0.25) is 0 Å². The number of halogens is 1. The second kappa shape index (κ2) is 4.51. The maximum Gasteiger partial charge on any atom is 0.305 e. The van der Waals surface area contributed by atoms with E-state index in [2.05, 4.69) is 0 Å². The summed E-state index contributed by atoms with van der Waals surface area (Å²) in [4.78, 5) is 0. The van der Waals surface area contributed by atoms with Gasteiger partial charge in [0.25, 0.3) is 0 Å². The first kappa shape index (κ1) is 10.9. The number of aliphatic hydroxyl groups excluding tert-OH is 1. The fourth-order valence-corrected chi connectivity index (χ4v) is 1.59. The van der Waals surface area contributed by atoms with E-state index in [4.69, 9.17) is 14.5 Å². The minimum absolute atomic E-state index is 0.235. The van der Waals surface area contributed by atoms with E-state index < -0.39 is 5.82 Å². The van der Waals surface area contributed by atoms with E-state index in [1.807, 2.05) is 0 Å². The highest BCUT2D eigenvalue weighted by Gasteiger charge is 2.11. The summed E-state index contributed by atoms with van der Waals surface area (Å²) in [7, 11) is -0.235. The Labute approximate surface area is 92.4 Å². The molecule has 0 amide bonds. The van der Waals surface area contributed by atoms with Crippen molar-refractivity contribution in [2.24, 2.45) is 0 Å². The lowest BCUT2D eigenvalue weighted by Gasteiger charge is -2.07. The summed E-state index contributed by atoms with van der Waals surface area (Å²) in [6.45, 7) is -0.293. The molecule has 0 saturated heterocycles. The Bertz CT molecular complexity index is 482. The monoisotopic (exact) mass is 220 g/mol. The topological polar surface area (TPSA) is 53.6 Å². The van der Waals surface area contributed by atoms with Gasteiger partial charge < -0.3 is 14.5 Å². The van der Waals surface area contributed by atoms with Gasteiger partial charge >= 0.3 is 7.48 Å². The number of hydrogen-bond donors (Lipinski definition) is 2. The Hall–Kier alpha value is -1.59.